The van der Waals surface area contributed by atoms with Gasteiger partial charge in [-0.15, -0.1) is 0 Å². The second-order valence-electron chi connectivity index (χ2n) is 7.24. The third-order valence-electron chi connectivity index (χ3n) is 4.02. The van der Waals surface area contributed by atoms with Gasteiger partial charge in [0.15, 0.2) is 0 Å². The monoisotopic (exact) mass is 291 g/mol. The molecule has 1 aliphatic carbocycles. The minimum atomic E-state index is 0.268. The van der Waals surface area contributed by atoms with Gasteiger partial charge in [-0.1, -0.05) is 27.7 Å². The molecule has 2 atom stereocenters. The lowest BCUT2D eigenvalue weighted by atomic mass is 9.71. The summed E-state index contributed by atoms with van der Waals surface area (Å²) in [6.07, 6.45) is 4.74. The number of hydrogen-bond donors (Lipinski definition) is 1. The quantitative estimate of drug-likeness (QED) is 0.803. The number of rotatable bonds is 5. The van der Waals surface area contributed by atoms with Gasteiger partial charge in [-0.3, -0.25) is 0 Å². The first-order valence-corrected chi connectivity index (χ1v) is 8.08. The molecule has 0 bridgehead atoms. The third-order valence-corrected chi connectivity index (χ3v) is 4.02. The molecular formula is C18H29NO2. The summed E-state index contributed by atoms with van der Waals surface area (Å²) in [6.45, 7) is 9.76. The predicted molar refractivity (Wildman–Crippen MR) is 87.9 cm³/mol. The Hall–Kier alpha value is -1.38. The van der Waals surface area contributed by atoms with Crippen LogP contribution in [0.1, 0.15) is 53.4 Å². The number of nitrogens with two attached hydrogens (primary N) is 1. The van der Waals surface area contributed by atoms with Crippen LogP contribution in [-0.2, 0) is 0 Å². The van der Waals surface area contributed by atoms with Crippen molar-refractivity contribution in [2.45, 2.75) is 59.5 Å². The predicted octanol–water partition coefficient (Wildman–Crippen LogP) is 4.65. The zero-order valence-corrected chi connectivity index (χ0v) is 13.8. The van der Waals surface area contributed by atoms with E-state index in [-0.39, 0.29) is 6.10 Å². The molecule has 21 heavy (non-hydrogen) atoms. The fraction of sp³-hybridized carbons (Fsp3) is 0.667. The molecule has 1 aromatic carbocycles. The average Bonchev–Trinajstić information content (AvgIpc) is 2.33. The summed E-state index contributed by atoms with van der Waals surface area (Å²) < 4.78 is 11.9. The Bertz CT molecular complexity index is 470. The summed E-state index contributed by atoms with van der Waals surface area (Å²) >= 11 is 0. The van der Waals surface area contributed by atoms with Crippen LogP contribution in [-0.4, -0.2) is 12.7 Å². The van der Waals surface area contributed by atoms with E-state index in [0.717, 1.165) is 30.8 Å². The van der Waals surface area contributed by atoms with Crippen LogP contribution in [0.25, 0.3) is 0 Å². The van der Waals surface area contributed by atoms with E-state index in [4.69, 9.17) is 15.2 Å². The summed E-state index contributed by atoms with van der Waals surface area (Å²) in [7, 11) is 0. The Labute approximate surface area is 128 Å². The molecule has 0 spiro atoms. The van der Waals surface area contributed by atoms with Gasteiger partial charge in [-0.2, -0.15) is 0 Å². The molecule has 0 heterocycles. The zero-order chi connectivity index (χ0) is 15.5. The van der Waals surface area contributed by atoms with E-state index in [1.54, 1.807) is 0 Å². The van der Waals surface area contributed by atoms with Crippen molar-refractivity contribution in [3.8, 4) is 11.5 Å². The molecule has 0 aliphatic heterocycles. The van der Waals surface area contributed by atoms with Crippen molar-refractivity contribution in [3.63, 3.8) is 0 Å². The zero-order valence-electron chi connectivity index (χ0n) is 13.8. The Kier molecular flexibility index (Phi) is 5.02. The third kappa shape index (κ3) is 4.83. The van der Waals surface area contributed by atoms with E-state index < -0.39 is 0 Å². The summed E-state index contributed by atoms with van der Waals surface area (Å²) in [6, 6.07) is 5.71. The fourth-order valence-electron chi connectivity index (χ4n) is 3.51. The molecule has 1 aliphatic rings. The average molecular weight is 291 g/mol. The van der Waals surface area contributed by atoms with Crippen LogP contribution >= 0.6 is 0 Å². The first-order valence-electron chi connectivity index (χ1n) is 8.08. The van der Waals surface area contributed by atoms with Gasteiger partial charge in [0, 0.05) is 23.9 Å². The smallest absolute Gasteiger partial charge is 0.125 e. The number of nitrogen functional groups attached to an aromatic ring is 1. The lowest BCUT2D eigenvalue weighted by Crippen LogP contribution is -2.34. The summed E-state index contributed by atoms with van der Waals surface area (Å²) in [4.78, 5) is 0. The Morgan fingerprint density at radius 3 is 2.57 bits per heavy atom. The van der Waals surface area contributed by atoms with Crippen molar-refractivity contribution in [1.82, 2.24) is 0 Å². The van der Waals surface area contributed by atoms with Crippen molar-refractivity contribution in [3.05, 3.63) is 18.2 Å². The van der Waals surface area contributed by atoms with Crippen LogP contribution in [0.3, 0.4) is 0 Å². The highest BCUT2D eigenvalue weighted by molar-refractivity contribution is 5.50. The Balaban J connectivity index is 2.06. The second-order valence-corrected chi connectivity index (χ2v) is 7.24. The van der Waals surface area contributed by atoms with Crippen molar-refractivity contribution < 1.29 is 9.47 Å². The maximum absolute atomic E-state index is 6.20. The van der Waals surface area contributed by atoms with E-state index >= 15 is 0 Å². The molecule has 0 radical (unpaired) electrons. The van der Waals surface area contributed by atoms with Gasteiger partial charge < -0.3 is 15.2 Å². The van der Waals surface area contributed by atoms with Crippen molar-refractivity contribution in [1.29, 1.82) is 0 Å². The molecule has 2 unspecified atom stereocenters. The van der Waals surface area contributed by atoms with Gasteiger partial charge in [0.05, 0.1) is 12.7 Å². The van der Waals surface area contributed by atoms with E-state index in [2.05, 4.69) is 27.7 Å². The largest absolute Gasteiger partial charge is 0.493 e. The number of hydrogen-bond acceptors (Lipinski definition) is 3. The van der Waals surface area contributed by atoms with Gasteiger partial charge in [0.2, 0.25) is 0 Å². The topological polar surface area (TPSA) is 44.5 Å². The molecule has 1 aromatic rings. The minimum Gasteiger partial charge on any atom is -0.493 e. The summed E-state index contributed by atoms with van der Waals surface area (Å²) in [5.74, 6) is 2.33. The first-order chi connectivity index (χ1) is 9.88. The van der Waals surface area contributed by atoms with Crippen LogP contribution in [0, 0.1) is 11.3 Å². The molecule has 3 heteroatoms. The molecule has 2 N–H and O–H groups in total. The lowest BCUT2D eigenvalue weighted by molar-refractivity contribution is 0.0561. The second kappa shape index (κ2) is 6.59. The number of benzene rings is 1. The number of ether oxygens (including phenoxy) is 2. The lowest BCUT2D eigenvalue weighted by Gasteiger charge is -2.38. The molecule has 118 valence electrons. The maximum Gasteiger partial charge on any atom is 0.125 e. The van der Waals surface area contributed by atoms with Crippen LogP contribution in [0.4, 0.5) is 5.69 Å². The molecule has 3 nitrogen and oxygen atoms in total. The van der Waals surface area contributed by atoms with Gasteiger partial charge in [-0.25, -0.2) is 0 Å². The molecular weight excluding hydrogens is 262 g/mol. The molecule has 0 saturated heterocycles. The highest BCUT2D eigenvalue weighted by atomic mass is 16.5. The SMILES string of the molecule is CCCOc1cc(N)cc(OC2CC(C)CC(C)(C)C2)c1. The van der Waals surface area contributed by atoms with Crippen molar-refractivity contribution in [2.24, 2.45) is 11.3 Å². The van der Waals surface area contributed by atoms with Gasteiger partial charge in [-0.05, 0) is 37.0 Å². The normalized spacial score (nSPS) is 24.6. The van der Waals surface area contributed by atoms with E-state index in [1.165, 1.54) is 6.42 Å². The van der Waals surface area contributed by atoms with Crippen molar-refractivity contribution in [2.75, 3.05) is 12.3 Å². The van der Waals surface area contributed by atoms with Gasteiger partial charge in [0.25, 0.3) is 0 Å². The van der Waals surface area contributed by atoms with E-state index in [0.29, 0.717) is 23.6 Å². The van der Waals surface area contributed by atoms with Gasteiger partial charge in [0.1, 0.15) is 11.5 Å². The van der Waals surface area contributed by atoms with Gasteiger partial charge >= 0.3 is 0 Å². The molecule has 1 saturated carbocycles. The minimum absolute atomic E-state index is 0.268. The highest BCUT2D eigenvalue weighted by Gasteiger charge is 2.33. The van der Waals surface area contributed by atoms with Crippen molar-refractivity contribution >= 4 is 5.69 Å². The molecule has 0 amide bonds. The standard InChI is InChI=1S/C18H29NO2/c1-5-6-20-15-8-14(19)9-16(10-15)21-17-7-13(2)11-18(3,4)12-17/h8-10,13,17H,5-7,11-12,19H2,1-4H3. The molecule has 0 aromatic heterocycles. The maximum atomic E-state index is 6.20. The van der Waals surface area contributed by atoms with Crippen LogP contribution in [0.15, 0.2) is 18.2 Å². The summed E-state index contributed by atoms with van der Waals surface area (Å²) in [5, 5.41) is 0. The Morgan fingerprint density at radius 1 is 1.19 bits per heavy atom. The highest BCUT2D eigenvalue weighted by Crippen LogP contribution is 2.40. The molecule has 2 rings (SSSR count). The van der Waals surface area contributed by atoms with E-state index in [9.17, 15) is 0 Å². The Morgan fingerprint density at radius 2 is 1.90 bits per heavy atom. The fourth-order valence-corrected chi connectivity index (χ4v) is 3.51. The molecule has 1 fully saturated rings. The van der Waals surface area contributed by atoms with E-state index in [1.807, 2.05) is 18.2 Å². The van der Waals surface area contributed by atoms with Crippen LogP contribution in [0.5, 0.6) is 11.5 Å². The van der Waals surface area contributed by atoms with Crippen LogP contribution < -0.4 is 15.2 Å². The summed E-state index contributed by atoms with van der Waals surface area (Å²) in [5.41, 5.74) is 7.00. The number of anilines is 1. The first kappa shape index (κ1) is 16.0. The van der Waals surface area contributed by atoms with Crippen LogP contribution in [0.2, 0.25) is 0 Å².